The van der Waals surface area contributed by atoms with E-state index >= 15 is 0 Å². The summed E-state index contributed by atoms with van der Waals surface area (Å²) in [6, 6.07) is 11.0. The first-order chi connectivity index (χ1) is 13.2. The highest BCUT2D eigenvalue weighted by Gasteiger charge is 2.47. The van der Waals surface area contributed by atoms with E-state index in [1.54, 1.807) is 48.7 Å². The van der Waals surface area contributed by atoms with Crippen LogP contribution in [0.25, 0.3) is 5.76 Å². The Hall–Kier alpha value is -3.74. The molecule has 0 aromatic carbocycles. The average molecular weight is 361 g/mol. The predicted molar refractivity (Wildman–Crippen MR) is 95.0 cm³/mol. The van der Waals surface area contributed by atoms with Crippen LogP contribution in [0.4, 0.5) is 0 Å². The van der Waals surface area contributed by atoms with Gasteiger partial charge in [-0.15, -0.1) is 0 Å². The molecule has 0 radical (unpaired) electrons. The highest BCUT2D eigenvalue weighted by atomic mass is 16.3. The molecule has 3 aromatic rings. The molecule has 7 nitrogen and oxygen atoms in total. The smallest absolute Gasteiger partial charge is 0.296 e. The minimum atomic E-state index is -0.838. The summed E-state index contributed by atoms with van der Waals surface area (Å²) in [4.78, 5) is 34.9. The van der Waals surface area contributed by atoms with E-state index in [4.69, 9.17) is 4.42 Å². The Labute approximate surface area is 154 Å². The number of carbonyl (C=O) groups excluding carboxylic acids is 2. The Morgan fingerprint density at radius 3 is 2.56 bits per heavy atom. The molecule has 1 unspecified atom stereocenters. The maximum absolute atomic E-state index is 12.7. The molecule has 0 spiro atoms. The first-order valence-electron chi connectivity index (χ1n) is 8.29. The second-order valence-electron chi connectivity index (χ2n) is 6.00. The van der Waals surface area contributed by atoms with Crippen LogP contribution in [0.5, 0.6) is 0 Å². The topological polar surface area (TPSA) is 96.5 Å². The van der Waals surface area contributed by atoms with E-state index in [2.05, 4.69) is 9.97 Å². The molecule has 1 amide bonds. The van der Waals surface area contributed by atoms with Crippen LogP contribution >= 0.6 is 0 Å². The largest absolute Gasteiger partial charge is 0.507 e. The number of likely N-dealkylation sites (tertiary alicyclic amines) is 1. The molecule has 0 saturated carbocycles. The zero-order valence-corrected chi connectivity index (χ0v) is 14.1. The van der Waals surface area contributed by atoms with Crippen LogP contribution in [-0.4, -0.2) is 31.7 Å². The van der Waals surface area contributed by atoms with Gasteiger partial charge in [-0.1, -0.05) is 6.07 Å². The fourth-order valence-electron chi connectivity index (χ4n) is 3.12. The molecule has 134 valence electrons. The van der Waals surface area contributed by atoms with Crippen molar-refractivity contribution in [1.29, 1.82) is 0 Å². The summed E-state index contributed by atoms with van der Waals surface area (Å²) in [6.07, 6.45) is 6.08. The number of aromatic nitrogens is 2. The van der Waals surface area contributed by atoms with Crippen LogP contribution in [-0.2, 0) is 16.1 Å². The van der Waals surface area contributed by atoms with Gasteiger partial charge >= 0.3 is 0 Å². The van der Waals surface area contributed by atoms with E-state index in [0.29, 0.717) is 17.0 Å². The average Bonchev–Trinajstić information content (AvgIpc) is 3.32. The highest BCUT2D eigenvalue weighted by Crippen LogP contribution is 2.40. The van der Waals surface area contributed by atoms with Crippen LogP contribution < -0.4 is 0 Å². The summed E-state index contributed by atoms with van der Waals surface area (Å²) >= 11 is 0. The zero-order chi connectivity index (χ0) is 18.8. The lowest BCUT2D eigenvalue weighted by atomic mass is 10.00. The Morgan fingerprint density at radius 1 is 1.07 bits per heavy atom. The maximum Gasteiger partial charge on any atom is 0.296 e. The summed E-state index contributed by atoms with van der Waals surface area (Å²) in [6.45, 7) is 0.115. The number of ketones is 1. The van der Waals surface area contributed by atoms with Crippen molar-refractivity contribution in [3.05, 3.63) is 89.9 Å². The Morgan fingerprint density at radius 2 is 1.89 bits per heavy atom. The van der Waals surface area contributed by atoms with Gasteiger partial charge in [0, 0.05) is 24.2 Å². The summed E-state index contributed by atoms with van der Waals surface area (Å²) in [5, 5.41) is 10.8. The van der Waals surface area contributed by atoms with Crippen molar-refractivity contribution < 1.29 is 19.1 Å². The standard InChI is InChI=1S/C20H15N3O4/c24-18(13-6-9-21-10-7-13)16-17(15-5-3-11-27-15)23(20(26)19(16)25)12-14-4-1-2-8-22-14/h1-11,17,24H,12H2/b18-16-. The third-order valence-corrected chi connectivity index (χ3v) is 4.36. The third-order valence-electron chi connectivity index (χ3n) is 4.36. The van der Waals surface area contributed by atoms with E-state index in [0.717, 1.165) is 0 Å². The lowest BCUT2D eigenvalue weighted by molar-refractivity contribution is -0.140. The number of pyridine rings is 2. The predicted octanol–water partition coefficient (Wildman–Crippen LogP) is 2.69. The van der Waals surface area contributed by atoms with Gasteiger partial charge in [0.1, 0.15) is 17.6 Å². The highest BCUT2D eigenvalue weighted by molar-refractivity contribution is 6.46. The summed E-state index contributed by atoms with van der Waals surface area (Å²) in [5.41, 5.74) is 1.01. The molecule has 0 aliphatic carbocycles. The zero-order valence-electron chi connectivity index (χ0n) is 14.1. The minimum absolute atomic E-state index is 0.0166. The van der Waals surface area contributed by atoms with Crippen LogP contribution in [0.15, 0.2) is 77.3 Å². The first-order valence-corrected chi connectivity index (χ1v) is 8.29. The fraction of sp³-hybridized carbons (Fsp3) is 0.100. The monoisotopic (exact) mass is 361 g/mol. The van der Waals surface area contributed by atoms with Gasteiger partial charge in [0.25, 0.3) is 11.7 Å². The molecular formula is C20H15N3O4. The van der Waals surface area contributed by atoms with E-state index in [1.807, 2.05) is 0 Å². The number of carbonyl (C=O) groups is 2. The molecule has 1 aliphatic rings. The van der Waals surface area contributed by atoms with Crippen molar-refractivity contribution >= 4 is 17.4 Å². The van der Waals surface area contributed by atoms with Crippen molar-refractivity contribution in [1.82, 2.24) is 14.9 Å². The summed E-state index contributed by atoms with van der Waals surface area (Å²) in [5.74, 6) is -1.35. The Balaban J connectivity index is 1.83. The SMILES string of the molecule is O=C1C(=O)N(Cc2ccccn2)C(c2ccco2)/C1=C(/O)c1ccncc1. The molecular weight excluding hydrogens is 346 g/mol. The molecule has 1 atom stereocenters. The quantitative estimate of drug-likeness (QED) is 0.436. The van der Waals surface area contributed by atoms with Gasteiger partial charge in [-0.2, -0.15) is 0 Å². The third kappa shape index (κ3) is 2.99. The molecule has 1 N–H and O–H groups in total. The van der Waals surface area contributed by atoms with E-state index in [9.17, 15) is 14.7 Å². The van der Waals surface area contributed by atoms with E-state index < -0.39 is 17.7 Å². The van der Waals surface area contributed by atoms with Crippen molar-refractivity contribution in [2.75, 3.05) is 0 Å². The second kappa shape index (κ2) is 6.87. The van der Waals surface area contributed by atoms with Crippen LogP contribution in [0, 0.1) is 0 Å². The summed E-state index contributed by atoms with van der Waals surface area (Å²) in [7, 11) is 0. The Kier molecular flexibility index (Phi) is 4.25. The number of hydrogen-bond donors (Lipinski definition) is 1. The normalized spacial score (nSPS) is 18.8. The van der Waals surface area contributed by atoms with E-state index in [1.165, 1.54) is 23.6 Å². The molecule has 1 saturated heterocycles. The fourth-order valence-corrected chi connectivity index (χ4v) is 3.12. The second-order valence-corrected chi connectivity index (χ2v) is 6.00. The van der Waals surface area contributed by atoms with Gasteiger partial charge in [-0.3, -0.25) is 19.6 Å². The van der Waals surface area contributed by atoms with Crippen molar-refractivity contribution in [2.24, 2.45) is 0 Å². The summed E-state index contributed by atoms with van der Waals surface area (Å²) < 4.78 is 5.47. The molecule has 4 rings (SSSR count). The number of rotatable bonds is 4. The number of furan rings is 1. The number of aliphatic hydroxyl groups excluding tert-OH is 1. The minimum Gasteiger partial charge on any atom is -0.507 e. The van der Waals surface area contributed by atoms with Crippen molar-refractivity contribution in [2.45, 2.75) is 12.6 Å². The maximum atomic E-state index is 12.7. The Bertz CT molecular complexity index is 998. The van der Waals surface area contributed by atoms with Gasteiger partial charge in [-0.25, -0.2) is 0 Å². The van der Waals surface area contributed by atoms with Gasteiger partial charge in [0.2, 0.25) is 0 Å². The molecule has 27 heavy (non-hydrogen) atoms. The number of Topliss-reactive ketones (excluding diaryl/α,β-unsaturated/α-hetero) is 1. The number of amides is 1. The molecule has 7 heteroatoms. The van der Waals surface area contributed by atoms with Crippen LogP contribution in [0.1, 0.15) is 23.1 Å². The molecule has 0 bridgehead atoms. The van der Waals surface area contributed by atoms with Crippen molar-refractivity contribution in [3.63, 3.8) is 0 Å². The number of aliphatic hydroxyl groups is 1. The lowest BCUT2D eigenvalue weighted by Gasteiger charge is -2.22. The van der Waals surface area contributed by atoms with Gasteiger partial charge in [0.15, 0.2) is 0 Å². The van der Waals surface area contributed by atoms with Gasteiger partial charge < -0.3 is 14.4 Å². The van der Waals surface area contributed by atoms with Crippen LogP contribution in [0.3, 0.4) is 0 Å². The molecule has 3 aromatic heterocycles. The molecule has 1 fully saturated rings. The van der Waals surface area contributed by atoms with Gasteiger partial charge in [-0.05, 0) is 36.4 Å². The number of nitrogens with zero attached hydrogens (tertiary/aromatic N) is 3. The van der Waals surface area contributed by atoms with Gasteiger partial charge in [0.05, 0.1) is 24.1 Å². The first kappa shape index (κ1) is 16.7. The molecule has 1 aliphatic heterocycles. The molecule has 4 heterocycles. The van der Waals surface area contributed by atoms with Crippen LogP contribution in [0.2, 0.25) is 0 Å². The van der Waals surface area contributed by atoms with Crippen molar-refractivity contribution in [3.8, 4) is 0 Å². The van der Waals surface area contributed by atoms with E-state index in [-0.39, 0.29) is 17.9 Å². The number of hydrogen-bond acceptors (Lipinski definition) is 6. The lowest BCUT2D eigenvalue weighted by Crippen LogP contribution is -2.29.